The number of halogens is 1. The Kier molecular flexibility index (Phi) is 6.58. The van der Waals surface area contributed by atoms with Crippen LogP contribution in [0.5, 0.6) is 0 Å². The molecule has 2 aromatic heterocycles. The number of rotatable bonds is 5. The molecule has 5 rings (SSSR count). The zero-order valence-corrected chi connectivity index (χ0v) is 21.3. The van der Waals surface area contributed by atoms with E-state index in [1.54, 1.807) is 30.3 Å². The van der Waals surface area contributed by atoms with Crippen molar-refractivity contribution in [2.45, 2.75) is 39.3 Å². The number of H-pyrrole nitrogens is 1. The van der Waals surface area contributed by atoms with Gasteiger partial charge in [0.15, 0.2) is 0 Å². The number of benzene rings is 2. The Hall–Kier alpha value is -4.31. The topological polar surface area (TPSA) is 122 Å². The third-order valence-electron chi connectivity index (χ3n) is 6.55. The van der Waals surface area contributed by atoms with Crippen LogP contribution in [0.4, 0.5) is 4.39 Å². The highest BCUT2D eigenvalue weighted by Gasteiger charge is 2.20. The van der Waals surface area contributed by atoms with Crippen LogP contribution in [-0.4, -0.2) is 39.0 Å². The minimum absolute atomic E-state index is 0.0725. The smallest absolute Gasteiger partial charge is 0.285 e. The summed E-state index contributed by atoms with van der Waals surface area (Å²) in [6.07, 6.45) is 3.00. The Balaban J connectivity index is 1.59. The number of amidine groups is 1. The lowest BCUT2D eigenvalue weighted by molar-refractivity contribution is 0.282. The van der Waals surface area contributed by atoms with Crippen LogP contribution in [0.1, 0.15) is 37.5 Å². The Morgan fingerprint density at radius 2 is 2.03 bits per heavy atom. The lowest BCUT2D eigenvalue weighted by Gasteiger charge is -2.20. The SMILES string of the molecule is CC(C)(C)c1cc(F)c2c(=O)n(-c3cccc(-c4c[nH]c(=O)c(CNC5=NCCO5)c4)c3CO)ncc2c1. The molecule has 3 heterocycles. The molecular weight excluding hydrogens is 489 g/mol. The van der Waals surface area contributed by atoms with Crippen molar-refractivity contribution in [1.82, 2.24) is 20.1 Å². The van der Waals surface area contributed by atoms with Crippen molar-refractivity contribution < 1.29 is 14.2 Å². The van der Waals surface area contributed by atoms with E-state index >= 15 is 4.39 Å². The van der Waals surface area contributed by atoms with E-state index in [0.29, 0.717) is 52.5 Å². The van der Waals surface area contributed by atoms with Gasteiger partial charge in [-0.2, -0.15) is 9.78 Å². The van der Waals surface area contributed by atoms with Crippen molar-refractivity contribution >= 4 is 16.8 Å². The first kappa shape index (κ1) is 25.3. The number of nitrogens with one attached hydrogen (secondary N) is 2. The third kappa shape index (κ3) is 4.70. The van der Waals surface area contributed by atoms with E-state index in [1.807, 2.05) is 20.8 Å². The van der Waals surface area contributed by atoms with Crippen molar-refractivity contribution in [2.75, 3.05) is 13.2 Å². The number of aliphatic hydroxyl groups is 1. The number of nitrogens with zero attached hydrogens (tertiary/aromatic N) is 3. The van der Waals surface area contributed by atoms with Crippen molar-refractivity contribution in [3.05, 3.63) is 92.0 Å². The van der Waals surface area contributed by atoms with E-state index in [2.05, 4.69) is 20.4 Å². The molecule has 0 saturated heterocycles. The predicted molar refractivity (Wildman–Crippen MR) is 143 cm³/mol. The molecule has 0 unspecified atom stereocenters. The third-order valence-corrected chi connectivity index (χ3v) is 6.55. The van der Waals surface area contributed by atoms with E-state index in [-0.39, 0.29) is 22.9 Å². The van der Waals surface area contributed by atoms with Gasteiger partial charge in [-0.25, -0.2) is 9.38 Å². The maximum absolute atomic E-state index is 15.2. The van der Waals surface area contributed by atoms with Crippen LogP contribution in [0.25, 0.3) is 27.6 Å². The first-order valence-corrected chi connectivity index (χ1v) is 12.3. The van der Waals surface area contributed by atoms with Gasteiger partial charge in [0.2, 0.25) is 0 Å². The standard InChI is InChI=1S/C28H28FN5O4/c1-28(2,3)19-10-17-14-33-34(26(37)24(17)22(29)11-19)23-6-4-5-20(21(23)15-35)16-9-18(25(36)31-12-16)13-32-27-30-7-8-38-27/h4-6,9-12,14,35H,7-8,13,15H2,1-3H3,(H,30,32)(H,31,36). The van der Waals surface area contributed by atoms with Crippen LogP contribution < -0.4 is 16.4 Å². The van der Waals surface area contributed by atoms with Crippen molar-refractivity contribution in [2.24, 2.45) is 4.99 Å². The van der Waals surface area contributed by atoms with Crippen molar-refractivity contribution in [1.29, 1.82) is 0 Å². The Morgan fingerprint density at radius 3 is 2.74 bits per heavy atom. The first-order chi connectivity index (χ1) is 18.2. The maximum atomic E-state index is 15.2. The van der Waals surface area contributed by atoms with Crippen molar-refractivity contribution in [3.8, 4) is 16.8 Å². The molecule has 0 radical (unpaired) electrons. The summed E-state index contributed by atoms with van der Waals surface area (Å²) in [6, 6.07) is 10.4. The zero-order chi connectivity index (χ0) is 27.0. The number of hydrogen-bond donors (Lipinski definition) is 3. The van der Waals surface area contributed by atoms with Gasteiger partial charge < -0.3 is 20.1 Å². The summed E-state index contributed by atoms with van der Waals surface area (Å²) in [5.74, 6) is -0.621. The summed E-state index contributed by atoms with van der Waals surface area (Å²) in [5.41, 5.74) is 1.92. The highest BCUT2D eigenvalue weighted by molar-refractivity contribution is 5.83. The average Bonchev–Trinajstić information content (AvgIpc) is 3.41. The monoisotopic (exact) mass is 517 g/mol. The second-order valence-electron chi connectivity index (χ2n) is 10.1. The number of ether oxygens (including phenoxy) is 1. The lowest BCUT2D eigenvalue weighted by atomic mass is 9.86. The van der Waals surface area contributed by atoms with Gasteiger partial charge in [-0.3, -0.25) is 9.59 Å². The van der Waals surface area contributed by atoms with Crippen LogP contribution in [-0.2, 0) is 23.3 Å². The highest BCUT2D eigenvalue weighted by atomic mass is 19.1. The summed E-state index contributed by atoms with van der Waals surface area (Å²) in [6.45, 7) is 6.74. The minimum Gasteiger partial charge on any atom is -0.463 e. The number of fused-ring (bicyclic) bond motifs is 1. The Bertz CT molecular complexity index is 1680. The zero-order valence-electron chi connectivity index (χ0n) is 21.3. The van der Waals surface area contributed by atoms with Gasteiger partial charge in [0, 0.05) is 29.3 Å². The second kappa shape index (κ2) is 9.86. The summed E-state index contributed by atoms with van der Waals surface area (Å²) >= 11 is 0. The number of aromatic nitrogens is 3. The van der Waals surface area contributed by atoms with Gasteiger partial charge in [-0.05, 0) is 46.4 Å². The van der Waals surface area contributed by atoms with Gasteiger partial charge in [-0.15, -0.1) is 0 Å². The molecule has 9 nitrogen and oxygen atoms in total. The fourth-order valence-electron chi connectivity index (χ4n) is 4.48. The summed E-state index contributed by atoms with van der Waals surface area (Å²) in [4.78, 5) is 32.7. The Labute approximate surface area is 217 Å². The van der Waals surface area contributed by atoms with E-state index < -0.39 is 18.0 Å². The van der Waals surface area contributed by atoms with Gasteiger partial charge in [0.25, 0.3) is 17.1 Å². The van der Waals surface area contributed by atoms with Crippen LogP contribution in [0, 0.1) is 5.82 Å². The first-order valence-electron chi connectivity index (χ1n) is 12.3. The van der Waals surface area contributed by atoms with Crippen LogP contribution in [0.3, 0.4) is 0 Å². The largest absolute Gasteiger partial charge is 0.463 e. The van der Waals surface area contributed by atoms with E-state index in [9.17, 15) is 14.7 Å². The molecule has 38 heavy (non-hydrogen) atoms. The average molecular weight is 518 g/mol. The molecule has 0 amide bonds. The number of aliphatic hydroxyl groups excluding tert-OH is 1. The second-order valence-corrected chi connectivity index (χ2v) is 10.1. The van der Waals surface area contributed by atoms with E-state index in [1.165, 1.54) is 18.5 Å². The van der Waals surface area contributed by atoms with Gasteiger partial charge in [0.1, 0.15) is 12.4 Å². The van der Waals surface area contributed by atoms with Gasteiger partial charge in [0.05, 0.1) is 30.4 Å². The number of hydrogen-bond acceptors (Lipinski definition) is 7. The van der Waals surface area contributed by atoms with E-state index in [4.69, 9.17) is 4.74 Å². The molecule has 0 fully saturated rings. The van der Waals surface area contributed by atoms with Crippen LogP contribution >= 0.6 is 0 Å². The summed E-state index contributed by atoms with van der Waals surface area (Å²) in [7, 11) is 0. The minimum atomic E-state index is -0.629. The lowest BCUT2D eigenvalue weighted by Crippen LogP contribution is -2.26. The molecule has 0 aliphatic carbocycles. The molecule has 1 aliphatic rings. The van der Waals surface area contributed by atoms with Crippen LogP contribution in [0.15, 0.2) is 63.4 Å². The molecule has 0 saturated carbocycles. The van der Waals surface area contributed by atoms with Crippen LogP contribution in [0.2, 0.25) is 0 Å². The molecular formula is C28H28FN5O4. The molecule has 0 atom stereocenters. The quantitative estimate of drug-likeness (QED) is 0.374. The summed E-state index contributed by atoms with van der Waals surface area (Å²) < 4.78 is 21.6. The fraction of sp³-hybridized carbons (Fsp3) is 0.286. The molecule has 0 bridgehead atoms. The summed E-state index contributed by atoms with van der Waals surface area (Å²) in [5, 5.41) is 18.0. The Morgan fingerprint density at radius 1 is 1.21 bits per heavy atom. The molecule has 1 aliphatic heterocycles. The molecule has 196 valence electrons. The molecule has 3 N–H and O–H groups in total. The maximum Gasteiger partial charge on any atom is 0.285 e. The van der Waals surface area contributed by atoms with Gasteiger partial charge in [-0.1, -0.05) is 32.9 Å². The van der Waals surface area contributed by atoms with Crippen molar-refractivity contribution in [3.63, 3.8) is 0 Å². The highest BCUT2D eigenvalue weighted by Crippen LogP contribution is 2.29. The number of pyridine rings is 1. The fourth-order valence-corrected chi connectivity index (χ4v) is 4.48. The molecule has 4 aromatic rings. The molecule has 0 spiro atoms. The normalized spacial score (nSPS) is 13.4. The van der Waals surface area contributed by atoms with E-state index in [0.717, 1.165) is 10.2 Å². The molecule has 10 heteroatoms. The molecule has 2 aromatic carbocycles. The number of aliphatic imine (C=N–C) groups is 1. The van der Waals surface area contributed by atoms with Gasteiger partial charge >= 0.3 is 0 Å². The predicted octanol–water partition coefficient (Wildman–Crippen LogP) is 3.15. The number of aromatic amines is 1.